The molecule has 0 unspecified atom stereocenters. The molecule has 1 aromatic heterocycles. The Morgan fingerprint density at radius 1 is 1.23 bits per heavy atom. The molecule has 0 spiro atoms. The lowest BCUT2D eigenvalue weighted by molar-refractivity contribution is 0.122. The highest BCUT2D eigenvalue weighted by molar-refractivity contribution is 6.28. The van der Waals surface area contributed by atoms with Crippen LogP contribution in [-0.2, 0) is 4.74 Å². The Morgan fingerprint density at radius 2 is 1.85 bits per heavy atom. The summed E-state index contributed by atoms with van der Waals surface area (Å²) in [4.78, 5) is 10.0. The van der Waals surface area contributed by atoms with Crippen LogP contribution in [0.15, 0.2) is 12.4 Å². The molecule has 1 saturated heterocycles. The zero-order valence-corrected chi connectivity index (χ0v) is 7.87. The maximum absolute atomic E-state index is 5.59. The van der Waals surface area contributed by atoms with Gasteiger partial charge in [0, 0.05) is 13.1 Å². The van der Waals surface area contributed by atoms with Crippen molar-refractivity contribution in [2.75, 3.05) is 31.2 Å². The lowest BCUT2D eigenvalue weighted by Crippen LogP contribution is -2.36. The molecule has 0 atom stereocenters. The van der Waals surface area contributed by atoms with E-state index >= 15 is 0 Å². The maximum atomic E-state index is 5.59. The number of aromatic nitrogens is 2. The van der Waals surface area contributed by atoms with Crippen LogP contribution < -0.4 is 4.90 Å². The van der Waals surface area contributed by atoms with Gasteiger partial charge in [0.1, 0.15) is 0 Å². The molecule has 0 N–H and O–H groups in total. The zero-order chi connectivity index (χ0) is 9.10. The van der Waals surface area contributed by atoms with Gasteiger partial charge in [0.05, 0.1) is 31.3 Å². The summed E-state index contributed by atoms with van der Waals surface area (Å²) in [6.07, 6.45) is 3.47. The molecule has 0 aromatic carbocycles. The second-order valence-electron chi connectivity index (χ2n) is 2.81. The van der Waals surface area contributed by atoms with Gasteiger partial charge in [0.15, 0.2) is 0 Å². The lowest BCUT2D eigenvalue weighted by Gasteiger charge is -2.27. The molecule has 0 radical (unpaired) electrons. The first-order valence-electron chi connectivity index (χ1n) is 4.16. The molecule has 4 nitrogen and oxygen atoms in total. The predicted octanol–water partition coefficient (Wildman–Crippen LogP) is 0.967. The minimum absolute atomic E-state index is 0.289. The minimum Gasteiger partial charge on any atom is -0.378 e. The number of hydrogen-bond donors (Lipinski definition) is 0. The molecular weight excluding hydrogens is 190 g/mol. The molecule has 1 aliphatic rings. The van der Waals surface area contributed by atoms with E-state index in [0.717, 1.165) is 32.0 Å². The van der Waals surface area contributed by atoms with Crippen molar-refractivity contribution in [1.29, 1.82) is 0 Å². The van der Waals surface area contributed by atoms with E-state index in [0.29, 0.717) is 0 Å². The fraction of sp³-hybridized carbons (Fsp3) is 0.500. The number of anilines is 1. The third kappa shape index (κ3) is 2.08. The molecule has 0 amide bonds. The van der Waals surface area contributed by atoms with Crippen molar-refractivity contribution in [3.8, 4) is 0 Å². The largest absolute Gasteiger partial charge is 0.378 e. The van der Waals surface area contributed by atoms with Gasteiger partial charge in [-0.15, -0.1) is 0 Å². The number of nitrogens with zero attached hydrogens (tertiary/aromatic N) is 3. The standard InChI is InChI=1S/C8H10ClN3O/c9-8-10-5-7(6-11-8)12-1-3-13-4-2-12/h5-6H,1-4H2. The molecule has 0 saturated carbocycles. The molecule has 2 rings (SSSR count). The van der Waals surface area contributed by atoms with Gasteiger partial charge >= 0.3 is 0 Å². The van der Waals surface area contributed by atoms with Crippen molar-refractivity contribution in [3.63, 3.8) is 0 Å². The van der Waals surface area contributed by atoms with E-state index in [2.05, 4.69) is 14.9 Å². The van der Waals surface area contributed by atoms with Crippen LogP contribution in [-0.4, -0.2) is 36.3 Å². The summed E-state index contributed by atoms with van der Waals surface area (Å²) in [5.74, 6) is 0. The first kappa shape index (κ1) is 8.72. The third-order valence-electron chi connectivity index (χ3n) is 1.98. The van der Waals surface area contributed by atoms with Crippen LogP contribution in [0, 0.1) is 0 Å². The molecule has 1 fully saturated rings. The van der Waals surface area contributed by atoms with Crippen molar-refractivity contribution in [1.82, 2.24) is 9.97 Å². The van der Waals surface area contributed by atoms with E-state index in [1.165, 1.54) is 0 Å². The molecule has 1 aromatic rings. The summed E-state index contributed by atoms with van der Waals surface area (Å²) in [5, 5.41) is 0.289. The minimum atomic E-state index is 0.289. The van der Waals surface area contributed by atoms with Crippen LogP contribution in [0.2, 0.25) is 5.28 Å². The number of halogens is 1. The summed E-state index contributed by atoms with van der Waals surface area (Å²) in [6, 6.07) is 0. The van der Waals surface area contributed by atoms with Gasteiger partial charge in [-0.05, 0) is 11.6 Å². The van der Waals surface area contributed by atoms with Gasteiger partial charge in [-0.25, -0.2) is 9.97 Å². The van der Waals surface area contributed by atoms with Gasteiger partial charge in [0.2, 0.25) is 5.28 Å². The van der Waals surface area contributed by atoms with Crippen LogP contribution >= 0.6 is 11.6 Å². The van der Waals surface area contributed by atoms with Crippen molar-refractivity contribution >= 4 is 17.3 Å². The zero-order valence-electron chi connectivity index (χ0n) is 7.11. The van der Waals surface area contributed by atoms with E-state index < -0.39 is 0 Å². The molecule has 70 valence electrons. The van der Waals surface area contributed by atoms with E-state index in [4.69, 9.17) is 16.3 Å². The second kappa shape index (κ2) is 3.89. The van der Waals surface area contributed by atoms with Crippen LogP contribution in [0.25, 0.3) is 0 Å². The quantitative estimate of drug-likeness (QED) is 0.632. The van der Waals surface area contributed by atoms with Crippen LogP contribution in [0.4, 0.5) is 5.69 Å². The maximum Gasteiger partial charge on any atom is 0.222 e. The highest BCUT2D eigenvalue weighted by Gasteiger charge is 2.11. The molecule has 13 heavy (non-hydrogen) atoms. The Balaban J connectivity index is 2.10. The number of morpholine rings is 1. The fourth-order valence-electron chi connectivity index (χ4n) is 1.29. The highest BCUT2D eigenvalue weighted by atomic mass is 35.5. The molecule has 0 bridgehead atoms. The Hall–Kier alpha value is -0.870. The van der Waals surface area contributed by atoms with Crippen molar-refractivity contribution in [2.45, 2.75) is 0 Å². The number of ether oxygens (including phenoxy) is 1. The van der Waals surface area contributed by atoms with Crippen molar-refractivity contribution in [2.24, 2.45) is 0 Å². The average molecular weight is 200 g/mol. The monoisotopic (exact) mass is 199 g/mol. The van der Waals surface area contributed by atoms with Gasteiger partial charge in [-0.1, -0.05) is 0 Å². The first-order valence-corrected chi connectivity index (χ1v) is 4.54. The van der Waals surface area contributed by atoms with Crippen molar-refractivity contribution < 1.29 is 4.74 Å². The Kier molecular flexibility index (Phi) is 2.61. The average Bonchev–Trinajstić information content (AvgIpc) is 2.20. The molecule has 0 aliphatic carbocycles. The number of hydrogen-bond acceptors (Lipinski definition) is 4. The SMILES string of the molecule is Clc1ncc(N2CCOCC2)cn1. The Bertz CT molecular complexity index is 271. The summed E-state index contributed by atoms with van der Waals surface area (Å²) in [7, 11) is 0. The van der Waals surface area contributed by atoms with E-state index in [1.54, 1.807) is 12.4 Å². The second-order valence-corrected chi connectivity index (χ2v) is 3.15. The third-order valence-corrected chi connectivity index (χ3v) is 2.18. The van der Waals surface area contributed by atoms with Crippen LogP contribution in [0.5, 0.6) is 0 Å². The molecule has 1 aliphatic heterocycles. The van der Waals surface area contributed by atoms with Gasteiger partial charge in [-0.3, -0.25) is 0 Å². The van der Waals surface area contributed by atoms with E-state index in [9.17, 15) is 0 Å². The predicted molar refractivity (Wildman–Crippen MR) is 50.1 cm³/mol. The van der Waals surface area contributed by atoms with Gasteiger partial charge in [-0.2, -0.15) is 0 Å². The normalized spacial score (nSPS) is 17.5. The molecule has 5 heteroatoms. The van der Waals surface area contributed by atoms with Gasteiger partial charge < -0.3 is 9.64 Å². The number of rotatable bonds is 1. The smallest absolute Gasteiger partial charge is 0.222 e. The Labute approximate surface area is 81.5 Å². The highest BCUT2D eigenvalue weighted by Crippen LogP contribution is 2.13. The summed E-state index contributed by atoms with van der Waals surface area (Å²) < 4.78 is 5.24. The molecular formula is C8H10ClN3O. The van der Waals surface area contributed by atoms with Crippen molar-refractivity contribution in [3.05, 3.63) is 17.7 Å². The molecule has 2 heterocycles. The van der Waals surface area contributed by atoms with Crippen LogP contribution in [0.1, 0.15) is 0 Å². The lowest BCUT2D eigenvalue weighted by atomic mass is 10.4. The summed E-state index contributed by atoms with van der Waals surface area (Å²) >= 11 is 5.59. The van der Waals surface area contributed by atoms with E-state index in [-0.39, 0.29) is 5.28 Å². The summed E-state index contributed by atoms with van der Waals surface area (Å²) in [6.45, 7) is 3.32. The van der Waals surface area contributed by atoms with E-state index in [1.807, 2.05) is 0 Å². The topological polar surface area (TPSA) is 38.2 Å². The fourth-order valence-corrected chi connectivity index (χ4v) is 1.39. The van der Waals surface area contributed by atoms with Gasteiger partial charge in [0.25, 0.3) is 0 Å². The first-order chi connectivity index (χ1) is 6.36. The Morgan fingerprint density at radius 3 is 2.46 bits per heavy atom. The summed E-state index contributed by atoms with van der Waals surface area (Å²) in [5.41, 5.74) is 1.01. The van der Waals surface area contributed by atoms with Crippen LogP contribution in [0.3, 0.4) is 0 Å².